The van der Waals surface area contributed by atoms with Crippen LogP contribution in [0.2, 0.25) is 0 Å². The van der Waals surface area contributed by atoms with Crippen LogP contribution in [-0.4, -0.2) is 10.2 Å². The number of allylic oxidation sites excluding steroid dienone is 4. The van der Waals surface area contributed by atoms with Crippen molar-refractivity contribution in [1.29, 1.82) is 0 Å². The summed E-state index contributed by atoms with van der Waals surface area (Å²) in [7, 11) is 0. The number of nitrogens with zero attached hydrogens (tertiary/aromatic N) is 2. The minimum Gasteiger partial charge on any atom is -0.159 e. The topological polar surface area (TPSA) is 25.8 Å². The Hall–Kier alpha value is -1.44. The Bertz CT molecular complexity index is 418. The Morgan fingerprint density at radius 2 is 1.50 bits per heavy atom. The summed E-state index contributed by atoms with van der Waals surface area (Å²) < 4.78 is 0. The van der Waals surface area contributed by atoms with E-state index in [9.17, 15) is 0 Å². The molecule has 2 heteroatoms. The van der Waals surface area contributed by atoms with E-state index in [1.165, 1.54) is 22.3 Å². The van der Waals surface area contributed by atoms with Gasteiger partial charge in [-0.15, -0.1) is 0 Å². The number of rotatable bonds is 0. The van der Waals surface area contributed by atoms with Crippen molar-refractivity contribution in [3.63, 3.8) is 0 Å². The summed E-state index contributed by atoms with van der Waals surface area (Å²) >= 11 is 0. The summed E-state index contributed by atoms with van der Waals surface area (Å²) in [4.78, 5) is 0. The molecular weight excluding hydrogens is 172 g/mol. The van der Waals surface area contributed by atoms with E-state index in [0.29, 0.717) is 11.8 Å². The summed E-state index contributed by atoms with van der Waals surface area (Å²) in [5, 5.41) is 7.92. The fourth-order valence-electron chi connectivity index (χ4n) is 2.65. The molecule has 1 heterocycles. The minimum absolute atomic E-state index is 0.482. The second kappa shape index (κ2) is 2.53. The minimum atomic E-state index is 0.482. The van der Waals surface area contributed by atoms with Crippen LogP contribution in [0.4, 0.5) is 0 Å². The van der Waals surface area contributed by atoms with E-state index in [0.717, 1.165) is 0 Å². The quantitative estimate of drug-likeness (QED) is 0.579. The molecule has 3 rings (SSSR count). The number of hydrogen-bond acceptors (Lipinski definition) is 2. The molecule has 1 aromatic rings. The molecule has 14 heavy (non-hydrogen) atoms. The van der Waals surface area contributed by atoms with Crippen molar-refractivity contribution >= 4 is 0 Å². The number of aromatic nitrogens is 2. The lowest BCUT2D eigenvalue weighted by molar-refractivity contribution is 0.961. The van der Waals surface area contributed by atoms with Crippen molar-refractivity contribution < 1.29 is 0 Å². The maximum absolute atomic E-state index is 3.96. The molecule has 2 aliphatic rings. The molecule has 0 aromatic carbocycles. The maximum atomic E-state index is 3.96. The van der Waals surface area contributed by atoms with Gasteiger partial charge in [0.2, 0.25) is 0 Å². The highest BCUT2D eigenvalue weighted by Gasteiger charge is 2.38. The lowest BCUT2D eigenvalue weighted by Gasteiger charge is -2.06. The van der Waals surface area contributed by atoms with E-state index in [1.54, 1.807) is 0 Å². The molecule has 0 saturated carbocycles. The van der Waals surface area contributed by atoms with E-state index in [2.05, 4.69) is 36.2 Å². The van der Waals surface area contributed by atoms with Gasteiger partial charge in [-0.3, -0.25) is 0 Å². The van der Waals surface area contributed by atoms with Gasteiger partial charge in [0.05, 0.1) is 12.4 Å². The van der Waals surface area contributed by atoms with Crippen LogP contribution < -0.4 is 0 Å². The van der Waals surface area contributed by atoms with E-state index in [-0.39, 0.29) is 0 Å². The van der Waals surface area contributed by atoms with Gasteiger partial charge in [0.25, 0.3) is 0 Å². The van der Waals surface area contributed by atoms with Gasteiger partial charge < -0.3 is 0 Å². The highest BCUT2D eigenvalue weighted by Crippen LogP contribution is 2.52. The zero-order valence-corrected chi connectivity index (χ0v) is 8.36. The van der Waals surface area contributed by atoms with Crippen LogP contribution in [0.3, 0.4) is 0 Å². The van der Waals surface area contributed by atoms with E-state index >= 15 is 0 Å². The predicted octanol–water partition coefficient (Wildman–Crippen LogP) is 2.56. The molecular formula is C12H12N2. The Balaban J connectivity index is 2.26. The third-order valence-electron chi connectivity index (χ3n) is 3.21. The van der Waals surface area contributed by atoms with Crippen LogP contribution in [0.25, 0.3) is 0 Å². The van der Waals surface area contributed by atoms with Crippen molar-refractivity contribution in [2.75, 3.05) is 0 Å². The summed E-state index contributed by atoms with van der Waals surface area (Å²) in [5.41, 5.74) is 5.67. The van der Waals surface area contributed by atoms with Crippen LogP contribution in [0.1, 0.15) is 36.8 Å². The van der Waals surface area contributed by atoms with Gasteiger partial charge >= 0.3 is 0 Å². The fourth-order valence-corrected chi connectivity index (χ4v) is 2.65. The standard InChI is InChI=1S/C12H12N2/c1-7(2)12-8-3-4-9(12)11-6-14-13-5-10(8)11/h3-6,8-9H,1-2H3/t8-,9+. The summed E-state index contributed by atoms with van der Waals surface area (Å²) in [6.45, 7) is 4.38. The van der Waals surface area contributed by atoms with Crippen molar-refractivity contribution in [2.45, 2.75) is 25.7 Å². The first kappa shape index (κ1) is 7.92. The molecule has 70 valence electrons. The SMILES string of the molecule is CC(C)=C1[C@H]2C=C[C@@H]1c1cnncc12. The smallest absolute Gasteiger partial charge is 0.0540 e. The summed E-state index contributed by atoms with van der Waals surface area (Å²) in [6, 6.07) is 0. The van der Waals surface area contributed by atoms with Crippen LogP contribution in [-0.2, 0) is 0 Å². The Kier molecular flexibility index (Phi) is 1.43. The van der Waals surface area contributed by atoms with E-state index in [4.69, 9.17) is 0 Å². The van der Waals surface area contributed by atoms with Gasteiger partial charge in [-0.2, -0.15) is 10.2 Å². The molecule has 1 aromatic heterocycles. The molecule has 2 bridgehead atoms. The molecule has 0 spiro atoms. The Morgan fingerprint density at radius 1 is 1.00 bits per heavy atom. The van der Waals surface area contributed by atoms with Crippen molar-refractivity contribution in [2.24, 2.45) is 0 Å². The number of fused-ring (bicyclic) bond motifs is 5. The van der Waals surface area contributed by atoms with Crippen LogP contribution in [0, 0.1) is 0 Å². The van der Waals surface area contributed by atoms with Gasteiger partial charge in [0.1, 0.15) is 0 Å². The first-order chi connectivity index (χ1) is 6.79. The maximum Gasteiger partial charge on any atom is 0.0540 e. The van der Waals surface area contributed by atoms with E-state index in [1.807, 2.05) is 12.4 Å². The third kappa shape index (κ3) is 0.808. The monoisotopic (exact) mass is 184 g/mol. The molecule has 2 aliphatic carbocycles. The van der Waals surface area contributed by atoms with Crippen molar-refractivity contribution in [3.05, 3.63) is 46.8 Å². The van der Waals surface area contributed by atoms with Crippen LogP contribution >= 0.6 is 0 Å². The first-order valence-corrected chi connectivity index (χ1v) is 4.95. The van der Waals surface area contributed by atoms with Crippen LogP contribution in [0.5, 0.6) is 0 Å². The largest absolute Gasteiger partial charge is 0.159 e. The van der Waals surface area contributed by atoms with Gasteiger partial charge in [-0.05, 0) is 30.5 Å². The molecule has 0 fully saturated rings. The molecule has 2 atom stereocenters. The normalized spacial score (nSPS) is 26.9. The van der Waals surface area contributed by atoms with Crippen molar-refractivity contribution in [1.82, 2.24) is 10.2 Å². The van der Waals surface area contributed by atoms with E-state index < -0.39 is 0 Å². The molecule has 0 saturated heterocycles. The van der Waals surface area contributed by atoms with Crippen LogP contribution in [0.15, 0.2) is 35.7 Å². The average Bonchev–Trinajstić information content (AvgIpc) is 2.73. The van der Waals surface area contributed by atoms with Gasteiger partial charge in [-0.1, -0.05) is 17.7 Å². The molecule has 2 nitrogen and oxygen atoms in total. The third-order valence-corrected chi connectivity index (χ3v) is 3.21. The molecule has 0 amide bonds. The average molecular weight is 184 g/mol. The van der Waals surface area contributed by atoms with Gasteiger partial charge in [-0.25, -0.2) is 0 Å². The number of hydrogen-bond donors (Lipinski definition) is 0. The fraction of sp³-hybridized carbons (Fsp3) is 0.333. The molecule has 0 aliphatic heterocycles. The lowest BCUT2D eigenvalue weighted by Crippen LogP contribution is -1.94. The second-order valence-corrected chi connectivity index (χ2v) is 4.20. The zero-order valence-electron chi connectivity index (χ0n) is 8.36. The summed E-state index contributed by atoms with van der Waals surface area (Å²) in [6.07, 6.45) is 8.40. The predicted molar refractivity (Wildman–Crippen MR) is 55.0 cm³/mol. The zero-order chi connectivity index (χ0) is 9.71. The van der Waals surface area contributed by atoms with Gasteiger partial charge in [0, 0.05) is 11.8 Å². The van der Waals surface area contributed by atoms with Gasteiger partial charge in [0.15, 0.2) is 0 Å². The highest BCUT2D eigenvalue weighted by atomic mass is 15.1. The lowest BCUT2D eigenvalue weighted by atomic mass is 9.97. The molecule has 0 N–H and O–H groups in total. The molecule has 0 unspecified atom stereocenters. The molecule has 0 radical (unpaired) electrons. The second-order valence-electron chi connectivity index (χ2n) is 4.20. The first-order valence-electron chi connectivity index (χ1n) is 4.95. The highest BCUT2D eigenvalue weighted by molar-refractivity contribution is 5.59. The summed E-state index contributed by atoms with van der Waals surface area (Å²) in [5.74, 6) is 0.964. The Labute approximate surface area is 83.4 Å². The Morgan fingerprint density at radius 3 is 1.93 bits per heavy atom. The van der Waals surface area contributed by atoms with Crippen molar-refractivity contribution in [3.8, 4) is 0 Å².